The van der Waals surface area contributed by atoms with Crippen LogP contribution in [0, 0.1) is 11.3 Å². The Labute approximate surface area is 69.5 Å². The van der Waals surface area contributed by atoms with Gasteiger partial charge >= 0.3 is 0 Å². The van der Waals surface area contributed by atoms with Crippen molar-refractivity contribution in [1.29, 1.82) is 5.26 Å². The molecular weight excluding hydrogens is 152 g/mol. The summed E-state index contributed by atoms with van der Waals surface area (Å²) in [6.07, 6.45) is 6.76. The molecule has 1 aromatic rings. The highest BCUT2D eigenvalue weighted by Crippen LogP contribution is 2.08. The normalized spacial score (nSPS) is 14.4. The van der Waals surface area contributed by atoms with Crippen molar-refractivity contribution in [3.05, 3.63) is 23.8 Å². The molecule has 0 unspecified atom stereocenters. The van der Waals surface area contributed by atoms with Crippen LogP contribution >= 0.6 is 0 Å². The van der Waals surface area contributed by atoms with Gasteiger partial charge in [0.25, 0.3) is 0 Å². The van der Waals surface area contributed by atoms with Crippen LogP contribution in [0.5, 0.6) is 0 Å². The third-order valence-electron chi connectivity index (χ3n) is 1.64. The van der Waals surface area contributed by atoms with Crippen molar-refractivity contribution in [2.45, 2.75) is 6.67 Å². The molecule has 0 N–H and O–H groups in total. The van der Waals surface area contributed by atoms with Crippen molar-refractivity contribution in [2.24, 2.45) is 4.99 Å². The standard InChI is InChI=1S/C8H6N4/c9-2-7-1-8-4-11-6-12(8)5-10-3-7/h1,3-4,6H,5H2. The average molecular weight is 158 g/mol. The molecular formula is C8H6N4. The number of aromatic nitrogens is 2. The first-order valence-corrected chi connectivity index (χ1v) is 3.52. The van der Waals surface area contributed by atoms with Gasteiger partial charge in [-0.05, 0) is 6.08 Å². The van der Waals surface area contributed by atoms with Gasteiger partial charge < -0.3 is 4.57 Å². The molecule has 0 atom stereocenters. The zero-order chi connectivity index (χ0) is 8.39. The van der Waals surface area contributed by atoms with Gasteiger partial charge in [0.2, 0.25) is 0 Å². The minimum atomic E-state index is 0.539. The number of fused-ring (bicyclic) bond motifs is 1. The van der Waals surface area contributed by atoms with E-state index >= 15 is 0 Å². The van der Waals surface area contributed by atoms with E-state index in [0.29, 0.717) is 12.2 Å². The maximum absolute atomic E-state index is 8.64. The van der Waals surface area contributed by atoms with E-state index in [1.54, 1.807) is 24.8 Å². The van der Waals surface area contributed by atoms with E-state index < -0.39 is 0 Å². The maximum Gasteiger partial charge on any atom is 0.115 e. The Kier molecular flexibility index (Phi) is 1.49. The summed E-state index contributed by atoms with van der Waals surface area (Å²) in [6, 6.07) is 2.05. The first kappa shape index (κ1) is 6.80. The smallest absolute Gasteiger partial charge is 0.115 e. The number of rotatable bonds is 0. The molecule has 0 saturated heterocycles. The van der Waals surface area contributed by atoms with Gasteiger partial charge in [0.15, 0.2) is 0 Å². The lowest BCUT2D eigenvalue weighted by atomic mass is 10.2. The molecule has 0 radical (unpaired) electrons. The lowest BCUT2D eigenvalue weighted by Gasteiger charge is -1.95. The summed E-state index contributed by atoms with van der Waals surface area (Å²) in [4.78, 5) is 7.99. The predicted octanol–water partition coefficient (Wildman–Crippen LogP) is 0.832. The van der Waals surface area contributed by atoms with Crippen molar-refractivity contribution in [2.75, 3.05) is 0 Å². The van der Waals surface area contributed by atoms with Crippen molar-refractivity contribution in [3.63, 3.8) is 0 Å². The number of allylic oxidation sites excluding steroid dienone is 1. The Morgan fingerprint density at radius 3 is 3.33 bits per heavy atom. The molecule has 2 heterocycles. The van der Waals surface area contributed by atoms with E-state index in [1.165, 1.54) is 0 Å². The Morgan fingerprint density at radius 2 is 2.50 bits per heavy atom. The van der Waals surface area contributed by atoms with Crippen LogP contribution in [0.3, 0.4) is 0 Å². The second-order valence-corrected chi connectivity index (χ2v) is 2.45. The molecule has 2 rings (SSSR count). The van der Waals surface area contributed by atoms with Gasteiger partial charge in [-0.2, -0.15) is 5.26 Å². The number of aliphatic imine (C=N–C) groups is 1. The maximum atomic E-state index is 8.64. The zero-order valence-electron chi connectivity index (χ0n) is 6.31. The van der Waals surface area contributed by atoms with E-state index in [1.807, 2.05) is 10.6 Å². The van der Waals surface area contributed by atoms with Crippen molar-refractivity contribution < 1.29 is 0 Å². The molecule has 0 fully saturated rings. The largest absolute Gasteiger partial charge is 0.311 e. The van der Waals surface area contributed by atoms with Gasteiger partial charge in [-0.1, -0.05) is 0 Å². The van der Waals surface area contributed by atoms with E-state index in [4.69, 9.17) is 5.26 Å². The fraction of sp³-hybridized carbons (Fsp3) is 0.125. The molecule has 0 amide bonds. The lowest BCUT2D eigenvalue weighted by Crippen LogP contribution is -1.93. The van der Waals surface area contributed by atoms with Gasteiger partial charge in [0, 0.05) is 6.21 Å². The van der Waals surface area contributed by atoms with Gasteiger partial charge in [0.05, 0.1) is 23.8 Å². The van der Waals surface area contributed by atoms with E-state index in [-0.39, 0.29) is 0 Å². The highest BCUT2D eigenvalue weighted by molar-refractivity contribution is 5.90. The number of imidazole rings is 1. The Morgan fingerprint density at radius 1 is 1.58 bits per heavy atom. The van der Waals surface area contributed by atoms with Crippen molar-refractivity contribution in [1.82, 2.24) is 9.55 Å². The van der Waals surface area contributed by atoms with Gasteiger partial charge in [-0.3, -0.25) is 4.99 Å². The van der Waals surface area contributed by atoms with Crippen molar-refractivity contribution in [3.8, 4) is 6.07 Å². The van der Waals surface area contributed by atoms with E-state index in [0.717, 1.165) is 5.69 Å². The Balaban J connectivity index is 2.52. The van der Waals surface area contributed by atoms with Crippen molar-refractivity contribution >= 4 is 12.3 Å². The first-order valence-electron chi connectivity index (χ1n) is 3.52. The highest BCUT2D eigenvalue weighted by Gasteiger charge is 2.02. The molecule has 4 heteroatoms. The molecule has 1 aliphatic rings. The van der Waals surface area contributed by atoms with Gasteiger partial charge in [0.1, 0.15) is 12.7 Å². The van der Waals surface area contributed by atoms with Gasteiger partial charge in [-0.15, -0.1) is 0 Å². The molecule has 4 nitrogen and oxygen atoms in total. The van der Waals surface area contributed by atoms with Crippen LogP contribution in [-0.4, -0.2) is 15.8 Å². The van der Waals surface area contributed by atoms with Crippen LogP contribution in [0.4, 0.5) is 0 Å². The summed E-state index contributed by atoms with van der Waals surface area (Å²) in [6.45, 7) is 0.539. The molecule has 58 valence electrons. The van der Waals surface area contributed by atoms with Crippen LogP contribution in [-0.2, 0) is 6.67 Å². The Hall–Kier alpha value is -1.89. The molecule has 1 aliphatic heterocycles. The molecule has 0 bridgehead atoms. The molecule has 1 aromatic heterocycles. The Bertz CT molecular complexity index is 391. The minimum Gasteiger partial charge on any atom is -0.311 e. The quantitative estimate of drug-likeness (QED) is 0.561. The van der Waals surface area contributed by atoms with E-state index in [9.17, 15) is 0 Å². The third-order valence-corrected chi connectivity index (χ3v) is 1.64. The predicted molar refractivity (Wildman–Crippen MR) is 44.3 cm³/mol. The first-order chi connectivity index (χ1) is 5.90. The van der Waals surface area contributed by atoms with Crippen LogP contribution in [0.25, 0.3) is 6.08 Å². The summed E-state index contributed by atoms with van der Waals surface area (Å²) < 4.78 is 1.88. The number of nitriles is 1. The fourth-order valence-electron chi connectivity index (χ4n) is 1.05. The number of hydrogen-bond acceptors (Lipinski definition) is 3. The molecule has 0 aromatic carbocycles. The monoisotopic (exact) mass is 158 g/mol. The fourth-order valence-corrected chi connectivity index (χ4v) is 1.05. The SMILES string of the molecule is N#CC1=Cc2cncn2CN=C1. The minimum absolute atomic E-state index is 0.539. The molecule has 0 aliphatic carbocycles. The molecule has 0 spiro atoms. The van der Waals surface area contributed by atoms with E-state index in [2.05, 4.69) is 9.98 Å². The van der Waals surface area contributed by atoms with Gasteiger partial charge in [-0.25, -0.2) is 4.98 Å². The number of nitrogens with zero attached hydrogens (tertiary/aromatic N) is 4. The summed E-state index contributed by atoms with van der Waals surface area (Å²) >= 11 is 0. The second kappa shape index (κ2) is 2.62. The molecule has 12 heavy (non-hydrogen) atoms. The van der Waals surface area contributed by atoms with Crippen LogP contribution in [0.2, 0.25) is 0 Å². The van der Waals surface area contributed by atoms with Crippen LogP contribution < -0.4 is 0 Å². The van der Waals surface area contributed by atoms with Crippen LogP contribution in [0.15, 0.2) is 23.1 Å². The lowest BCUT2D eigenvalue weighted by molar-refractivity contribution is 0.732. The summed E-state index contributed by atoms with van der Waals surface area (Å²) in [5, 5.41) is 8.64. The number of hydrogen-bond donors (Lipinski definition) is 0. The topological polar surface area (TPSA) is 54.0 Å². The summed E-state index contributed by atoms with van der Waals surface area (Å²) in [5.74, 6) is 0. The zero-order valence-corrected chi connectivity index (χ0v) is 6.31. The van der Waals surface area contributed by atoms with Crippen LogP contribution in [0.1, 0.15) is 5.69 Å². The highest BCUT2D eigenvalue weighted by atomic mass is 15.1. The average Bonchev–Trinajstić information content (AvgIpc) is 2.43. The molecule has 0 saturated carbocycles. The summed E-state index contributed by atoms with van der Waals surface area (Å²) in [5.41, 5.74) is 1.48. The summed E-state index contributed by atoms with van der Waals surface area (Å²) in [7, 11) is 0. The second-order valence-electron chi connectivity index (χ2n) is 2.45. The third kappa shape index (κ3) is 1.01.